The molecule has 0 spiro atoms. The molecule has 1 N–H and O–H groups in total. The van der Waals surface area contributed by atoms with E-state index in [4.69, 9.17) is 4.74 Å². The summed E-state index contributed by atoms with van der Waals surface area (Å²) >= 11 is 0. The molecule has 1 fully saturated rings. The normalized spacial score (nSPS) is 14.4. The number of rotatable bonds is 6. The molecule has 1 aliphatic rings. The van der Waals surface area contributed by atoms with Crippen LogP contribution in [-0.4, -0.2) is 59.9 Å². The first-order chi connectivity index (χ1) is 15.4. The van der Waals surface area contributed by atoms with Gasteiger partial charge in [0.15, 0.2) is 6.61 Å². The summed E-state index contributed by atoms with van der Waals surface area (Å²) in [5.74, 6) is 0.328. The molecule has 0 unspecified atom stereocenters. The first kappa shape index (κ1) is 21.8. The van der Waals surface area contributed by atoms with Crippen molar-refractivity contribution < 1.29 is 27.4 Å². The van der Waals surface area contributed by atoms with Crippen LogP contribution in [0.2, 0.25) is 0 Å². The lowest BCUT2D eigenvalue weighted by molar-refractivity contribution is -0.154. The van der Waals surface area contributed by atoms with Crippen LogP contribution in [0.4, 0.5) is 19.0 Å². The number of aromatic nitrogens is 2. The van der Waals surface area contributed by atoms with Crippen LogP contribution in [0.25, 0.3) is 10.9 Å². The third kappa shape index (κ3) is 5.44. The molecule has 3 aromatic rings. The van der Waals surface area contributed by atoms with Crippen LogP contribution in [0.1, 0.15) is 15.9 Å². The van der Waals surface area contributed by atoms with Crippen molar-refractivity contribution in [1.82, 2.24) is 14.9 Å². The van der Waals surface area contributed by atoms with Crippen molar-refractivity contribution in [3.05, 3.63) is 59.8 Å². The van der Waals surface area contributed by atoms with E-state index >= 15 is 0 Å². The van der Waals surface area contributed by atoms with Gasteiger partial charge in [0.2, 0.25) is 5.88 Å². The van der Waals surface area contributed by atoms with Gasteiger partial charge in [-0.05, 0) is 17.7 Å². The highest BCUT2D eigenvalue weighted by Gasteiger charge is 2.28. The molecule has 7 nitrogen and oxygen atoms in total. The van der Waals surface area contributed by atoms with E-state index in [2.05, 4.69) is 20.0 Å². The molecule has 0 atom stereocenters. The number of amides is 1. The number of anilines is 1. The van der Waals surface area contributed by atoms with Gasteiger partial charge in [-0.3, -0.25) is 4.79 Å². The van der Waals surface area contributed by atoms with Crippen molar-refractivity contribution >= 4 is 22.6 Å². The number of carbonyl (C=O) groups excluding carboxylic acids is 1. The summed E-state index contributed by atoms with van der Waals surface area (Å²) in [4.78, 5) is 23.4. The van der Waals surface area contributed by atoms with Gasteiger partial charge in [-0.2, -0.15) is 13.2 Å². The molecule has 4 rings (SSSR count). The second kappa shape index (κ2) is 9.39. The van der Waals surface area contributed by atoms with Crippen molar-refractivity contribution in [3.63, 3.8) is 0 Å². The summed E-state index contributed by atoms with van der Waals surface area (Å²) in [7, 11) is 0. The smallest absolute Gasteiger partial charge is 0.422 e. The van der Waals surface area contributed by atoms with Gasteiger partial charge in [0.05, 0.1) is 24.3 Å². The SMILES string of the molecule is O=C(c1cc(NCc2ccc(OCC(F)(F)F)nc2)nc2ccccc12)N1CCOCC1. The Kier molecular flexibility index (Phi) is 6.40. The lowest BCUT2D eigenvalue weighted by Gasteiger charge is -2.27. The highest BCUT2D eigenvalue weighted by Crippen LogP contribution is 2.23. The Labute approximate surface area is 182 Å². The summed E-state index contributed by atoms with van der Waals surface area (Å²) in [6.07, 6.45) is -2.99. The topological polar surface area (TPSA) is 76.6 Å². The number of nitrogens with zero attached hydrogens (tertiary/aromatic N) is 3. The molecule has 10 heteroatoms. The maximum absolute atomic E-state index is 13.1. The first-order valence-corrected chi connectivity index (χ1v) is 10.0. The largest absolute Gasteiger partial charge is 0.468 e. The Balaban J connectivity index is 1.49. The highest BCUT2D eigenvalue weighted by atomic mass is 19.4. The lowest BCUT2D eigenvalue weighted by atomic mass is 10.1. The van der Waals surface area contributed by atoms with Gasteiger partial charge in [0, 0.05) is 37.3 Å². The van der Waals surface area contributed by atoms with E-state index in [0.717, 1.165) is 10.9 Å². The molecule has 1 aliphatic heterocycles. The molecule has 1 saturated heterocycles. The Hall–Kier alpha value is -3.40. The fraction of sp³-hybridized carbons (Fsp3) is 0.318. The van der Waals surface area contributed by atoms with E-state index in [1.807, 2.05) is 24.3 Å². The van der Waals surface area contributed by atoms with Gasteiger partial charge >= 0.3 is 6.18 Å². The number of alkyl halides is 3. The number of halogens is 3. The summed E-state index contributed by atoms with van der Waals surface area (Å²) in [5.41, 5.74) is 1.96. The standard InChI is InChI=1S/C22H21F3N4O3/c23-22(24,25)14-32-20-6-5-15(13-27-20)12-26-19-11-17(16-3-1-2-4-18(16)28-19)21(30)29-7-9-31-10-8-29/h1-6,11,13H,7-10,12,14H2,(H,26,28). The average molecular weight is 446 g/mol. The quantitative estimate of drug-likeness (QED) is 0.623. The lowest BCUT2D eigenvalue weighted by Crippen LogP contribution is -2.40. The summed E-state index contributed by atoms with van der Waals surface area (Å²) in [5, 5.41) is 3.93. The molecule has 3 heterocycles. The molecule has 0 radical (unpaired) electrons. The van der Waals surface area contributed by atoms with E-state index in [0.29, 0.717) is 49.7 Å². The molecule has 2 aromatic heterocycles. The van der Waals surface area contributed by atoms with Crippen LogP contribution < -0.4 is 10.1 Å². The molecule has 1 amide bonds. The van der Waals surface area contributed by atoms with E-state index in [-0.39, 0.29) is 11.8 Å². The second-order valence-corrected chi connectivity index (χ2v) is 7.24. The van der Waals surface area contributed by atoms with E-state index in [9.17, 15) is 18.0 Å². The Morgan fingerprint density at radius 2 is 1.94 bits per heavy atom. The van der Waals surface area contributed by atoms with Crippen LogP contribution in [-0.2, 0) is 11.3 Å². The number of carbonyl (C=O) groups is 1. The van der Waals surface area contributed by atoms with E-state index < -0.39 is 12.8 Å². The van der Waals surface area contributed by atoms with Crippen LogP contribution in [0.3, 0.4) is 0 Å². The monoisotopic (exact) mass is 446 g/mol. The number of benzene rings is 1. The third-order valence-corrected chi connectivity index (χ3v) is 4.90. The predicted molar refractivity (Wildman–Crippen MR) is 112 cm³/mol. The number of pyridine rings is 2. The Morgan fingerprint density at radius 1 is 1.16 bits per heavy atom. The molecule has 0 saturated carbocycles. The highest BCUT2D eigenvalue weighted by molar-refractivity contribution is 6.07. The van der Waals surface area contributed by atoms with Crippen LogP contribution in [0, 0.1) is 0 Å². The van der Waals surface area contributed by atoms with Gasteiger partial charge in [-0.1, -0.05) is 24.3 Å². The fourth-order valence-electron chi connectivity index (χ4n) is 3.33. The molecular formula is C22H21F3N4O3. The van der Waals surface area contributed by atoms with Crippen molar-refractivity contribution in [2.24, 2.45) is 0 Å². The fourth-order valence-corrected chi connectivity index (χ4v) is 3.33. The van der Waals surface area contributed by atoms with Gasteiger partial charge in [-0.15, -0.1) is 0 Å². The van der Waals surface area contributed by atoms with Gasteiger partial charge in [0.1, 0.15) is 5.82 Å². The third-order valence-electron chi connectivity index (χ3n) is 4.90. The predicted octanol–water partition coefficient (Wildman–Crippen LogP) is 3.66. The summed E-state index contributed by atoms with van der Waals surface area (Å²) in [6, 6.07) is 12.1. The number of nitrogens with one attached hydrogen (secondary N) is 1. The van der Waals surface area contributed by atoms with Crippen molar-refractivity contribution in [1.29, 1.82) is 0 Å². The molecule has 0 bridgehead atoms. The van der Waals surface area contributed by atoms with Crippen molar-refractivity contribution in [2.45, 2.75) is 12.7 Å². The molecule has 0 aliphatic carbocycles. The Bertz CT molecular complexity index is 1080. The number of hydrogen-bond donors (Lipinski definition) is 1. The summed E-state index contributed by atoms with van der Waals surface area (Å²) < 4.78 is 46.7. The first-order valence-electron chi connectivity index (χ1n) is 10.0. The van der Waals surface area contributed by atoms with Crippen LogP contribution >= 0.6 is 0 Å². The minimum absolute atomic E-state index is 0.0808. The zero-order valence-electron chi connectivity index (χ0n) is 17.1. The van der Waals surface area contributed by atoms with Crippen molar-refractivity contribution in [3.8, 4) is 5.88 Å². The minimum atomic E-state index is -4.42. The van der Waals surface area contributed by atoms with E-state index in [1.165, 1.54) is 12.3 Å². The minimum Gasteiger partial charge on any atom is -0.468 e. The number of para-hydroxylation sites is 1. The van der Waals surface area contributed by atoms with Gasteiger partial charge in [-0.25, -0.2) is 9.97 Å². The zero-order chi connectivity index (χ0) is 22.6. The number of ether oxygens (including phenoxy) is 2. The zero-order valence-corrected chi connectivity index (χ0v) is 17.1. The van der Waals surface area contributed by atoms with Gasteiger partial charge < -0.3 is 19.7 Å². The number of fused-ring (bicyclic) bond motifs is 1. The van der Waals surface area contributed by atoms with Crippen LogP contribution in [0.5, 0.6) is 5.88 Å². The maximum Gasteiger partial charge on any atom is 0.422 e. The van der Waals surface area contributed by atoms with E-state index in [1.54, 1.807) is 17.0 Å². The second-order valence-electron chi connectivity index (χ2n) is 7.24. The average Bonchev–Trinajstić information content (AvgIpc) is 2.81. The molecule has 168 valence electrons. The molecule has 1 aromatic carbocycles. The Morgan fingerprint density at radius 3 is 2.66 bits per heavy atom. The van der Waals surface area contributed by atoms with Crippen LogP contribution in [0.15, 0.2) is 48.7 Å². The maximum atomic E-state index is 13.1. The molecular weight excluding hydrogens is 425 g/mol. The van der Waals surface area contributed by atoms with Crippen molar-refractivity contribution in [2.75, 3.05) is 38.2 Å². The number of morpholine rings is 1. The summed E-state index contributed by atoms with van der Waals surface area (Å²) in [6.45, 7) is 1.02. The number of hydrogen-bond acceptors (Lipinski definition) is 6. The van der Waals surface area contributed by atoms with Gasteiger partial charge in [0.25, 0.3) is 5.91 Å². The molecule has 32 heavy (non-hydrogen) atoms.